The van der Waals surface area contributed by atoms with Gasteiger partial charge in [0.05, 0.1) is 18.4 Å². The summed E-state index contributed by atoms with van der Waals surface area (Å²) in [5.74, 6) is -1.24. The van der Waals surface area contributed by atoms with Gasteiger partial charge < -0.3 is 14.8 Å². The Balaban J connectivity index is 1.73. The predicted molar refractivity (Wildman–Crippen MR) is 119 cm³/mol. The lowest BCUT2D eigenvalue weighted by atomic mass is 9.91. The number of rotatable bonds is 8. The number of ether oxygens (including phenoxy) is 2. The second kappa shape index (κ2) is 10.5. The summed E-state index contributed by atoms with van der Waals surface area (Å²) in [6.07, 6.45) is -4.75. The van der Waals surface area contributed by atoms with E-state index >= 15 is 0 Å². The average molecular weight is 478 g/mol. The van der Waals surface area contributed by atoms with Gasteiger partial charge in [-0.1, -0.05) is 49.4 Å². The molecule has 174 valence electrons. The van der Waals surface area contributed by atoms with Crippen molar-refractivity contribution in [2.24, 2.45) is 0 Å². The van der Waals surface area contributed by atoms with Gasteiger partial charge in [0.15, 0.2) is 0 Å². The molecule has 0 aliphatic heterocycles. The zero-order valence-electron chi connectivity index (χ0n) is 17.9. The van der Waals surface area contributed by atoms with Gasteiger partial charge in [0.2, 0.25) is 0 Å². The molecule has 1 amide bonds. The van der Waals surface area contributed by atoms with E-state index in [0.717, 1.165) is 5.56 Å². The minimum absolute atomic E-state index is 0.0111. The zero-order valence-corrected chi connectivity index (χ0v) is 18.7. The molecule has 0 fully saturated rings. The molecule has 0 saturated carbocycles. The van der Waals surface area contributed by atoms with Crippen LogP contribution < -0.4 is 10.1 Å². The molecule has 0 bridgehead atoms. The standard InChI is InChI=1S/C24H22F3NO4S/c1-15(16-6-4-3-5-7-16)20(13-22(29)31-2)28-23(30)21-12-18(14-33-21)17-8-10-19(11-9-17)32-24(25,26)27/h3-12,14-15,20H,13H2,1-2H3,(H,28,30)/t15-,20?/m1/s1. The van der Waals surface area contributed by atoms with Crippen molar-refractivity contribution >= 4 is 23.2 Å². The molecule has 33 heavy (non-hydrogen) atoms. The maximum atomic E-state index is 12.9. The first-order valence-corrected chi connectivity index (χ1v) is 10.9. The van der Waals surface area contributed by atoms with E-state index in [4.69, 9.17) is 4.74 Å². The van der Waals surface area contributed by atoms with E-state index in [-0.39, 0.29) is 24.0 Å². The minimum Gasteiger partial charge on any atom is -0.469 e. The number of alkyl halides is 3. The SMILES string of the molecule is COC(=O)CC(NC(=O)c1cc(-c2ccc(OC(F)(F)F)cc2)cs1)[C@H](C)c1ccccc1. The van der Waals surface area contributed by atoms with E-state index in [1.54, 1.807) is 11.4 Å². The molecule has 1 unspecified atom stereocenters. The van der Waals surface area contributed by atoms with Crippen molar-refractivity contribution in [2.75, 3.05) is 7.11 Å². The van der Waals surface area contributed by atoms with Gasteiger partial charge in [0, 0.05) is 12.0 Å². The molecule has 0 aliphatic rings. The number of benzene rings is 2. The van der Waals surface area contributed by atoms with E-state index in [0.29, 0.717) is 16.0 Å². The Morgan fingerprint density at radius 1 is 1.03 bits per heavy atom. The van der Waals surface area contributed by atoms with Gasteiger partial charge in [0.1, 0.15) is 5.75 Å². The van der Waals surface area contributed by atoms with Crippen molar-refractivity contribution in [1.29, 1.82) is 0 Å². The van der Waals surface area contributed by atoms with Gasteiger partial charge in [0.25, 0.3) is 5.91 Å². The van der Waals surface area contributed by atoms with Crippen molar-refractivity contribution in [3.05, 3.63) is 76.5 Å². The summed E-state index contributed by atoms with van der Waals surface area (Å²) in [6, 6.07) is 16.1. The lowest BCUT2D eigenvalue weighted by Crippen LogP contribution is -2.40. The fourth-order valence-electron chi connectivity index (χ4n) is 3.30. The van der Waals surface area contributed by atoms with Gasteiger partial charge in [-0.15, -0.1) is 24.5 Å². The summed E-state index contributed by atoms with van der Waals surface area (Å²) in [4.78, 5) is 25.3. The van der Waals surface area contributed by atoms with E-state index in [9.17, 15) is 22.8 Å². The number of nitrogens with one attached hydrogen (secondary N) is 1. The molecule has 0 saturated heterocycles. The molecular weight excluding hydrogens is 455 g/mol. The molecule has 0 spiro atoms. The van der Waals surface area contributed by atoms with E-state index in [2.05, 4.69) is 10.1 Å². The number of hydrogen-bond donors (Lipinski definition) is 1. The number of carbonyl (C=O) groups is 2. The Bertz CT molecular complexity index is 1080. The Morgan fingerprint density at radius 3 is 2.30 bits per heavy atom. The smallest absolute Gasteiger partial charge is 0.469 e. The lowest BCUT2D eigenvalue weighted by Gasteiger charge is -2.24. The summed E-state index contributed by atoms with van der Waals surface area (Å²) >= 11 is 1.20. The van der Waals surface area contributed by atoms with Crippen molar-refractivity contribution in [2.45, 2.75) is 31.7 Å². The van der Waals surface area contributed by atoms with Gasteiger partial charge in [-0.2, -0.15) is 0 Å². The zero-order chi connectivity index (χ0) is 24.0. The lowest BCUT2D eigenvalue weighted by molar-refractivity contribution is -0.274. The van der Waals surface area contributed by atoms with Gasteiger partial charge in [-0.25, -0.2) is 0 Å². The average Bonchev–Trinajstić information content (AvgIpc) is 3.28. The third-order valence-electron chi connectivity index (χ3n) is 5.10. The summed E-state index contributed by atoms with van der Waals surface area (Å²) in [5.41, 5.74) is 2.30. The molecule has 3 rings (SSSR count). The highest BCUT2D eigenvalue weighted by atomic mass is 32.1. The predicted octanol–water partition coefficient (Wildman–Crippen LogP) is 5.78. The van der Waals surface area contributed by atoms with Crippen LogP contribution in [-0.4, -0.2) is 31.4 Å². The van der Waals surface area contributed by atoms with Gasteiger partial charge in [-0.05, 0) is 40.3 Å². The molecule has 9 heteroatoms. The maximum Gasteiger partial charge on any atom is 0.573 e. The summed E-state index contributed by atoms with van der Waals surface area (Å²) in [5, 5.41) is 4.66. The Labute approximate surface area is 193 Å². The first kappa shape index (κ1) is 24.3. The first-order chi connectivity index (χ1) is 15.7. The number of carbonyl (C=O) groups excluding carboxylic acids is 2. The first-order valence-electron chi connectivity index (χ1n) is 10.0. The molecule has 2 aromatic carbocycles. The second-order valence-corrected chi connectivity index (χ2v) is 8.24. The Hall–Kier alpha value is -3.33. The van der Waals surface area contributed by atoms with Crippen molar-refractivity contribution in [3.8, 4) is 16.9 Å². The molecule has 1 N–H and O–H groups in total. The summed E-state index contributed by atoms with van der Waals surface area (Å²) in [7, 11) is 1.30. The highest BCUT2D eigenvalue weighted by Crippen LogP contribution is 2.30. The third-order valence-corrected chi connectivity index (χ3v) is 6.03. The van der Waals surface area contributed by atoms with Gasteiger partial charge >= 0.3 is 12.3 Å². The van der Waals surface area contributed by atoms with Crippen LogP contribution >= 0.6 is 11.3 Å². The molecule has 5 nitrogen and oxygen atoms in total. The monoisotopic (exact) mass is 477 g/mol. The number of methoxy groups -OCH3 is 1. The molecule has 1 aromatic heterocycles. The van der Waals surface area contributed by atoms with Crippen LogP contribution in [0.3, 0.4) is 0 Å². The van der Waals surface area contributed by atoms with Crippen LogP contribution in [0.1, 0.15) is 34.5 Å². The molecule has 1 heterocycles. The topological polar surface area (TPSA) is 64.6 Å². The minimum atomic E-state index is -4.76. The fraction of sp³-hybridized carbons (Fsp3) is 0.250. The van der Waals surface area contributed by atoms with Crippen LogP contribution in [-0.2, 0) is 9.53 Å². The number of halogens is 3. The number of hydrogen-bond acceptors (Lipinski definition) is 5. The fourth-order valence-corrected chi connectivity index (χ4v) is 4.12. The highest BCUT2D eigenvalue weighted by Gasteiger charge is 2.31. The molecule has 0 aliphatic carbocycles. The van der Waals surface area contributed by atoms with Crippen LogP contribution in [0.15, 0.2) is 66.0 Å². The van der Waals surface area contributed by atoms with Gasteiger partial charge in [-0.3, -0.25) is 9.59 Å². The van der Waals surface area contributed by atoms with E-state index in [1.165, 1.54) is 42.7 Å². The number of amides is 1. The van der Waals surface area contributed by atoms with Crippen LogP contribution in [0.4, 0.5) is 13.2 Å². The van der Waals surface area contributed by atoms with Crippen LogP contribution in [0, 0.1) is 0 Å². The third kappa shape index (κ3) is 6.82. The van der Waals surface area contributed by atoms with Crippen LogP contribution in [0.25, 0.3) is 11.1 Å². The largest absolute Gasteiger partial charge is 0.573 e. The van der Waals surface area contributed by atoms with Crippen LogP contribution in [0.2, 0.25) is 0 Å². The molecule has 3 aromatic rings. The Morgan fingerprint density at radius 2 is 1.70 bits per heavy atom. The summed E-state index contributed by atoms with van der Waals surface area (Å²) in [6.45, 7) is 1.92. The molecular formula is C24H22F3NO4S. The highest BCUT2D eigenvalue weighted by molar-refractivity contribution is 7.12. The van der Waals surface area contributed by atoms with Crippen LogP contribution in [0.5, 0.6) is 5.75 Å². The summed E-state index contributed by atoms with van der Waals surface area (Å²) < 4.78 is 45.7. The van der Waals surface area contributed by atoms with Crippen molar-refractivity contribution in [1.82, 2.24) is 5.32 Å². The molecule has 2 atom stereocenters. The second-order valence-electron chi connectivity index (χ2n) is 7.33. The molecule has 0 radical (unpaired) electrons. The van der Waals surface area contributed by atoms with E-state index in [1.807, 2.05) is 37.3 Å². The maximum absolute atomic E-state index is 12.9. The quantitative estimate of drug-likeness (QED) is 0.418. The van der Waals surface area contributed by atoms with E-state index < -0.39 is 18.4 Å². The van der Waals surface area contributed by atoms with Crippen molar-refractivity contribution in [3.63, 3.8) is 0 Å². The normalized spacial score (nSPS) is 13.1. The Kier molecular flexibility index (Phi) is 7.75. The number of esters is 1. The number of thiophene rings is 1. The van der Waals surface area contributed by atoms with Crippen molar-refractivity contribution < 1.29 is 32.2 Å².